The van der Waals surface area contributed by atoms with Crippen molar-refractivity contribution in [2.45, 2.75) is 6.42 Å². The predicted octanol–water partition coefficient (Wildman–Crippen LogP) is 4.47. The fourth-order valence-electron chi connectivity index (χ4n) is 2.14. The number of carbonyl (C=O) groups is 1. The van der Waals surface area contributed by atoms with Crippen LogP contribution in [0.15, 0.2) is 53.9 Å². The zero-order valence-electron chi connectivity index (χ0n) is 10.1. The number of rotatable bonds is 3. The van der Waals surface area contributed by atoms with Crippen molar-refractivity contribution >= 4 is 27.2 Å². The first-order valence-corrected chi connectivity index (χ1v) is 6.86. The zero-order chi connectivity index (χ0) is 13.2. The normalized spacial score (nSPS) is 10.8. The van der Waals surface area contributed by atoms with E-state index >= 15 is 0 Å². The number of ketones is 1. The lowest BCUT2D eigenvalue weighted by Crippen LogP contribution is -2.03. The summed E-state index contributed by atoms with van der Waals surface area (Å²) in [5, 5.41) is 3.05. The monoisotopic (exact) mass is 270 g/mol. The fraction of sp³-hybridized carbons (Fsp3) is 0.0625. The van der Waals surface area contributed by atoms with Crippen LogP contribution in [-0.4, -0.2) is 5.78 Å². The topological polar surface area (TPSA) is 17.1 Å². The molecule has 2 aromatic carbocycles. The first kappa shape index (κ1) is 12.1. The molecule has 1 heterocycles. The van der Waals surface area contributed by atoms with E-state index in [2.05, 4.69) is 0 Å². The Hall–Kier alpha value is -2.00. The molecule has 0 bridgehead atoms. The van der Waals surface area contributed by atoms with Crippen molar-refractivity contribution in [3.63, 3.8) is 0 Å². The third-order valence-corrected chi connectivity index (χ3v) is 4.00. The molecule has 0 aliphatic carbocycles. The minimum atomic E-state index is -0.306. The Balaban J connectivity index is 1.94. The minimum absolute atomic E-state index is 0.0265. The SMILES string of the molecule is O=C(Cc1cccc(F)c1)c1cccc2ccsc12. The van der Waals surface area contributed by atoms with Gasteiger partial charge in [-0.05, 0) is 40.6 Å². The van der Waals surface area contributed by atoms with Gasteiger partial charge < -0.3 is 0 Å². The van der Waals surface area contributed by atoms with Crippen molar-refractivity contribution < 1.29 is 9.18 Å². The Morgan fingerprint density at radius 1 is 1.11 bits per heavy atom. The molecule has 0 amide bonds. The fourth-order valence-corrected chi connectivity index (χ4v) is 3.07. The van der Waals surface area contributed by atoms with Gasteiger partial charge in [-0.2, -0.15) is 0 Å². The second-order valence-corrected chi connectivity index (χ2v) is 5.29. The van der Waals surface area contributed by atoms with Gasteiger partial charge in [0.2, 0.25) is 0 Å². The Labute approximate surface area is 114 Å². The molecular weight excluding hydrogens is 259 g/mol. The van der Waals surface area contributed by atoms with Crippen LogP contribution in [0.1, 0.15) is 15.9 Å². The van der Waals surface area contributed by atoms with Crippen LogP contribution < -0.4 is 0 Å². The van der Waals surface area contributed by atoms with Gasteiger partial charge in [-0.3, -0.25) is 4.79 Å². The molecule has 0 spiro atoms. The average Bonchev–Trinajstić information content (AvgIpc) is 2.86. The summed E-state index contributed by atoms with van der Waals surface area (Å²) in [6.45, 7) is 0. The minimum Gasteiger partial charge on any atom is -0.294 e. The van der Waals surface area contributed by atoms with E-state index in [4.69, 9.17) is 0 Å². The van der Waals surface area contributed by atoms with Gasteiger partial charge in [-0.1, -0.05) is 24.3 Å². The first-order valence-electron chi connectivity index (χ1n) is 5.98. The third kappa shape index (κ3) is 2.42. The van der Waals surface area contributed by atoms with Crippen LogP contribution in [0, 0.1) is 5.82 Å². The molecule has 0 aliphatic heterocycles. The van der Waals surface area contributed by atoms with E-state index in [0.717, 1.165) is 15.6 Å². The Morgan fingerprint density at radius 3 is 2.79 bits per heavy atom. The lowest BCUT2D eigenvalue weighted by atomic mass is 10.0. The number of Topliss-reactive ketones (excluding diaryl/α,β-unsaturated/α-hetero) is 1. The van der Waals surface area contributed by atoms with Gasteiger partial charge in [0.15, 0.2) is 5.78 Å². The van der Waals surface area contributed by atoms with Crippen molar-refractivity contribution in [2.24, 2.45) is 0 Å². The molecule has 0 N–H and O–H groups in total. The smallest absolute Gasteiger partial charge is 0.168 e. The standard InChI is InChI=1S/C16H11FOS/c17-13-5-1-3-11(9-13)10-15(18)14-6-2-4-12-7-8-19-16(12)14/h1-9H,10H2. The van der Waals surface area contributed by atoms with Crippen LogP contribution in [0.4, 0.5) is 4.39 Å². The number of hydrogen-bond donors (Lipinski definition) is 0. The molecule has 0 aliphatic rings. The highest BCUT2D eigenvalue weighted by atomic mass is 32.1. The average molecular weight is 270 g/mol. The molecule has 1 nitrogen and oxygen atoms in total. The largest absolute Gasteiger partial charge is 0.294 e. The van der Waals surface area contributed by atoms with Gasteiger partial charge in [0.25, 0.3) is 0 Å². The second kappa shape index (κ2) is 4.94. The molecule has 0 fully saturated rings. The highest BCUT2D eigenvalue weighted by Gasteiger charge is 2.11. The lowest BCUT2D eigenvalue weighted by molar-refractivity contribution is 0.0994. The van der Waals surface area contributed by atoms with Gasteiger partial charge in [0.1, 0.15) is 5.82 Å². The predicted molar refractivity (Wildman–Crippen MR) is 76.3 cm³/mol. The molecule has 3 heteroatoms. The van der Waals surface area contributed by atoms with Crippen LogP contribution in [-0.2, 0) is 6.42 Å². The van der Waals surface area contributed by atoms with Crippen molar-refractivity contribution in [2.75, 3.05) is 0 Å². The van der Waals surface area contributed by atoms with Crippen molar-refractivity contribution in [3.05, 3.63) is 70.9 Å². The highest BCUT2D eigenvalue weighted by molar-refractivity contribution is 7.17. The molecule has 1 aromatic heterocycles. The number of benzene rings is 2. The summed E-state index contributed by atoms with van der Waals surface area (Å²) >= 11 is 1.56. The number of hydrogen-bond acceptors (Lipinski definition) is 2. The zero-order valence-corrected chi connectivity index (χ0v) is 10.9. The van der Waals surface area contributed by atoms with E-state index in [-0.39, 0.29) is 18.0 Å². The van der Waals surface area contributed by atoms with Crippen LogP contribution in [0.2, 0.25) is 0 Å². The van der Waals surface area contributed by atoms with Crippen LogP contribution in [0.5, 0.6) is 0 Å². The summed E-state index contributed by atoms with van der Waals surface area (Å²) in [7, 11) is 0. The Kier molecular flexibility index (Phi) is 3.13. The van der Waals surface area contributed by atoms with Crippen LogP contribution in [0.25, 0.3) is 10.1 Å². The van der Waals surface area contributed by atoms with Crippen LogP contribution in [0.3, 0.4) is 0 Å². The second-order valence-electron chi connectivity index (χ2n) is 4.37. The van der Waals surface area contributed by atoms with Gasteiger partial charge in [-0.15, -0.1) is 11.3 Å². The van der Waals surface area contributed by atoms with E-state index < -0.39 is 0 Å². The summed E-state index contributed by atoms with van der Waals surface area (Å²) in [6.07, 6.45) is 0.231. The van der Waals surface area contributed by atoms with Crippen molar-refractivity contribution in [1.29, 1.82) is 0 Å². The summed E-state index contributed by atoms with van der Waals surface area (Å²) in [6, 6.07) is 13.9. The van der Waals surface area contributed by atoms with Crippen molar-refractivity contribution in [1.82, 2.24) is 0 Å². The molecule has 0 atom stereocenters. The molecule has 94 valence electrons. The Bertz CT molecular complexity index is 745. The van der Waals surface area contributed by atoms with E-state index in [0.29, 0.717) is 5.56 Å². The van der Waals surface area contributed by atoms with Gasteiger partial charge in [0, 0.05) is 16.7 Å². The first-order chi connectivity index (χ1) is 9.24. The maximum Gasteiger partial charge on any atom is 0.168 e. The number of fused-ring (bicyclic) bond motifs is 1. The van der Waals surface area contributed by atoms with E-state index in [1.807, 2.05) is 29.6 Å². The van der Waals surface area contributed by atoms with Gasteiger partial charge in [-0.25, -0.2) is 4.39 Å². The van der Waals surface area contributed by atoms with E-state index in [1.54, 1.807) is 23.5 Å². The molecule has 0 unspecified atom stereocenters. The molecule has 0 saturated heterocycles. The molecular formula is C16H11FOS. The Morgan fingerprint density at radius 2 is 1.95 bits per heavy atom. The summed E-state index contributed by atoms with van der Waals surface area (Å²) in [4.78, 5) is 12.3. The molecule has 0 saturated carbocycles. The summed E-state index contributed by atoms with van der Waals surface area (Å²) in [5.74, 6) is -0.279. The van der Waals surface area contributed by atoms with Crippen molar-refractivity contribution in [3.8, 4) is 0 Å². The summed E-state index contributed by atoms with van der Waals surface area (Å²) in [5.41, 5.74) is 1.43. The number of halogens is 1. The number of carbonyl (C=O) groups excluding carboxylic acids is 1. The van der Waals surface area contributed by atoms with Crippen LogP contribution >= 0.6 is 11.3 Å². The lowest BCUT2D eigenvalue weighted by Gasteiger charge is -2.03. The maximum atomic E-state index is 13.1. The molecule has 19 heavy (non-hydrogen) atoms. The summed E-state index contributed by atoms with van der Waals surface area (Å²) < 4.78 is 14.1. The third-order valence-electron chi connectivity index (χ3n) is 3.03. The number of thiophene rings is 1. The molecule has 3 aromatic rings. The maximum absolute atomic E-state index is 13.1. The quantitative estimate of drug-likeness (QED) is 0.642. The van der Waals surface area contributed by atoms with Gasteiger partial charge in [0.05, 0.1) is 0 Å². The van der Waals surface area contributed by atoms with E-state index in [1.165, 1.54) is 12.1 Å². The highest BCUT2D eigenvalue weighted by Crippen LogP contribution is 2.25. The molecule has 3 rings (SSSR count). The van der Waals surface area contributed by atoms with Gasteiger partial charge >= 0.3 is 0 Å². The van der Waals surface area contributed by atoms with E-state index in [9.17, 15) is 9.18 Å². The molecule has 0 radical (unpaired) electrons.